The van der Waals surface area contributed by atoms with Crippen LogP contribution < -0.4 is 5.48 Å². The number of ether oxygens (including phenoxy) is 1. The number of carbonyl (C=O) groups is 1. The standard InChI is InChI=1S/C20H19N3O3/c24-20(22-25)16-3-1-14(2-4-16)13-23-8-5-17-11-18(12-21-19(17)23)15-6-9-26-10-7-15/h1-6,8,11-12,25H,7,9-10,13H2,(H,22,24). The second-order valence-corrected chi connectivity index (χ2v) is 6.27. The SMILES string of the molecule is O=C(NO)c1ccc(Cn2ccc3cc(C4=CCOCC4)cnc32)cc1. The maximum absolute atomic E-state index is 11.4. The fourth-order valence-corrected chi connectivity index (χ4v) is 3.19. The van der Waals surface area contributed by atoms with E-state index in [9.17, 15) is 4.79 Å². The van der Waals surface area contributed by atoms with Gasteiger partial charge < -0.3 is 9.30 Å². The van der Waals surface area contributed by atoms with Crippen molar-refractivity contribution in [3.63, 3.8) is 0 Å². The van der Waals surface area contributed by atoms with Crippen LogP contribution in [0.4, 0.5) is 0 Å². The van der Waals surface area contributed by atoms with Crippen molar-refractivity contribution in [2.45, 2.75) is 13.0 Å². The normalized spacial score (nSPS) is 14.3. The molecule has 1 aliphatic heterocycles. The third kappa shape index (κ3) is 3.24. The van der Waals surface area contributed by atoms with Crippen molar-refractivity contribution >= 4 is 22.5 Å². The molecule has 0 spiro atoms. The van der Waals surface area contributed by atoms with Crippen molar-refractivity contribution in [2.75, 3.05) is 13.2 Å². The Labute approximate surface area is 150 Å². The molecule has 0 saturated heterocycles. The molecule has 0 fully saturated rings. The molecule has 0 aliphatic carbocycles. The van der Waals surface area contributed by atoms with Crippen LogP contribution in [0.3, 0.4) is 0 Å². The van der Waals surface area contributed by atoms with Gasteiger partial charge in [-0.3, -0.25) is 10.0 Å². The summed E-state index contributed by atoms with van der Waals surface area (Å²) in [7, 11) is 0. The highest BCUT2D eigenvalue weighted by Gasteiger charge is 2.10. The number of pyridine rings is 1. The van der Waals surface area contributed by atoms with Crippen LogP contribution in [-0.2, 0) is 11.3 Å². The highest BCUT2D eigenvalue weighted by Crippen LogP contribution is 2.24. The van der Waals surface area contributed by atoms with Gasteiger partial charge in [0.15, 0.2) is 0 Å². The van der Waals surface area contributed by atoms with Crippen LogP contribution in [0.25, 0.3) is 16.6 Å². The number of aromatic nitrogens is 2. The Bertz CT molecular complexity index is 974. The molecule has 0 bridgehead atoms. The molecule has 1 aliphatic rings. The molecule has 6 heteroatoms. The smallest absolute Gasteiger partial charge is 0.274 e. The van der Waals surface area contributed by atoms with Crippen LogP contribution in [-0.4, -0.2) is 33.9 Å². The minimum atomic E-state index is -0.514. The Balaban J connectivity index is 1.57. The molecule has 1 aromatic carbocycles. The molecule has 4 rings (SSSR count). The molecule has 3 heterocycles. The third-order valence-corrected chi connectivity index (χ3v) is 4.61. The second-order valence-electron chi connectivity index (χ2n) is 6.27. The van der Waals surface area contributed by atoms with Gasteiger partial charge in [-0.05, 0) is 47.4 Å². The molecule has 0 saturated carbocycles. The van der Waals surface area contributed by atoms with Crippen molar-refractivity contribution in [1.29, 1.82) is 0 Å². The van der Waals surface area contributed by atoms with E-state index in [1.165, 1.54) is 5.57 Å². The van der Waals surface area contributed by atoms with Gasteiger partial charge in [0, 0.05) is 29.9 Å². The highest BCUT2D eigenvalue weighted by atomic mass is 16.5. The first-order valence-corrected chi connectivity index (χ1v) is 8.50. The molecular formula is C20H19N3O3. The molecule has 2 aromatic heterocycles. The molecule has 0 unspecified atom stereocenters. The Morgan fingerprint density at radius 1 is 1.27 bits per heavy atom. The van der Waals surface area contributed by atoms with Crippen molar-refractivity contribution in [3.05, 3.63) is 71.6 Å². The van der Waals surface area contributed by atoms with Crippen LogP contribution in [0, 0.1) is 0 Å². The van der Waals surface area contributed by atoms with Crippen molar-refractivity contribution in [2.24, 2.45) is 0 Å². The monoisotopic (exact) mass is 349 g/mol. The average molecular weight is 349 g/mol. The first kappa shape index (κ1) is 16.5. The number of hydroxylamine groups is 1. The number of nitrogens with one attached hydrogen (secondary N) is 1. The van der Waals surface area contributed by atoms with Crippen LogP contribution in [0.2, 0.25) is 0 Å². The predicted molar refractivity (Wildman–Crippen MR) is 97.9 cm³/mol. The molecule has 0 radical (unpaired) electrons. The first-order valence-electron chi connectivity index (χ1n) is 8.50. The number of hydrogen-bond donors (Lipinski definition) is 2. The number of hydrogen-bond acceptors (Lipinski definition) is 4. The van der Waals surface area contributed by atoms with Crippen molar-refractivity contribution in [1.82, 2.24) is 15.0 Å². The van der Waals surface area contributed by atoms with Crippen molar-refractivity contribution in [3.8, 4) is 0 Å². The minimum Gasteiger partial charge on any atom is -0.377 e. The molecule has 6 nitrogen and oxygen atoms in total. The van der Waals surface area contributed by atoms with E-state index in [0.29, 0.717) is 18.7 Å². The van der Waals surface area contributed by atoms with Gasteiger partial charge in [0.25, 0.3) is 5.91 Å². The summed E-state index contributed by atoms with van der Waals surface area (Å²) < 4.78 is 7.45. The first-order chi connectivity index (χ1) is 12.7. The summed E-state index contributed by atoms with van der Waals surface area (Å²) in [6.45, 7) is 2.08. The Morgan fingerprint density at radius 3 is 2.85 bits per heavy atom. The number of fused-ring (bicyclic) bond motifs is 1. The lowest BCUT2D eigenvalue weighted by atomic mass is 10.0. The topological polar surface area (TPSA) is 76.4 Å². The van der Waals surface area contributed by atoms with Crippen LogP contribution in [0.15, 0.2) is 54.9 Å². The van der Waals surface area contributed by atoms with Gasteiger partial charge in [-0.2, -0.15) is 0 Å². The van der Waals surface area contributed by atoms with Gasteiger partial charge in [0.1, 0.15) is 5.65 Å². The van der Waals surface area contributed by atoms with E-state index in [1.54, 1.807) is 17.6 Å². The van der Waals surface area contributed by atoms with Gasteiger partial charge in [-0.15, -0.1) is 0 Å². The zero-order valence-corrected chi connectivity index (χ0v) is 14.2. The number of amides is 1. The van der Waals surface area contributed by atoms with Gasteiger partial charge in [0.05, 0.1) is 13.2 Å². The summed E-state index contributed by atoms with van der Waals surface area (Å²) >= 11 is 0. The van der Waals surface area contributed by atoms with Crippen LogP contribution in [0.1, 0.15) is 27.9 Å². The summed E-state index contributed by atoms with van der Waals surface area (Å²) in [6, 6.07) is 11.4. The molecule has 1 amide bonds. The van der Waals surface area contributed by atoms with E-state index in [2.05, 4.69) is 27.8 Å². The molecule has 26 heavy (non-hydrogen) atoms. The number of nitrogens with zero attached hydrogens (tertiary/aromatic N) is 2. The van der Waals surface area contributed by atoms with Crippen LogP contribution >= 0.6 is 0 Å². The summed E-state index contributed by atoms with van der Waals surface area (Å²) in [5.74, 6) is -0.514. The summed E-state index contributed by atoms with van der Waals surface area (Å²) in [6.07, 6.45) is 6.98. The van der Waals surface area contributed by atoms with E-state index in [4.69, 9.17) is 9.94 Å². The predicted octanol–water partition coefficient (Wildman–Crippen LogP) is 3.01. The molecular weight excluding hydrogens is 330 g/mol. The zero-order valence-electron chi connectivity index (χ0n) is 14.2. The average Bonchev–Trinajstić information content (AvgIpc) is 3.10. The van der Waals surface area contributed by atoms with E-state index in [-0.39, 0.29) is 0 Å². The molecule has 3 aromatic rings. The number of benzene rings is 1. The fourth-order valence-electron chi connectivity index (χ4n) is 3.19. The number of carbonyl (C=O) groups excluding carboxylic acids is 1. The Hall–Kier alpha value is -2.96. The van der Waals surface area contributed by atoms with E-state index < -0.39 is 5.91 Å². The summed E-state index contributed by atoms with van der Waals surface area (Å²) in [5.41, 5.74) is 6.47. The Morgan fingerprint density at radius 2 is 2.12 bits per heavy atom. The summed E-state index contributed by atoms with van der Waals surface area (Å²) in [4.78, 5) is 16.0. The quantitative estimate of drug-likeness (QED) is 0.561. The maximum Gasteiger partial charge on any atom is 0.274 e. The van der Waals surface area contributed by atoms with Gasteiger partial charge >= 0.3 is 0 Å². The third-order valence-electron chi connectivity index (χ3n) is 4.61. The van der Waals surface area contributed by atoms with Gasteiger partial charge in [-0.1, -0.05) is 18.2 Å². The van der Waals surface area contributed by atoms with E-state index in [1.807, 2.05) is 24.5 Å². The number of rotatable bonds is 4. The zero-order chi connectivity index (χ0) is 17.9. The minimum absolute atomic E-state index is 0.418. The van der Waals surface area contributed by atoms with Gasteiger partial charge in [-0.25, -0.2) is 10.5 Å². The largest absolute Gasteiger partial charge is 0.377 e. The summed E-state index contributed by atoms with van der Waals surface area (Å²) in [5, 5.41) is 9.78. The Kier molecular flexibility index (Phi) is 4.51. The second kappa shape index (κ2) is 7.11. The molecule has 2 N–H and O–H groups in total. The van der Waals surface area contributed by atoms with Crippen LogP contribution in [0.5, 0.6) is 0 Å². The fraction of sp³-hybridized carbons (Fsp3) is 0.200. The van der Waals surface area contributed by atoms with E-state index >= 15 is 0 Å². The lowest BCUT2D eigenvalue weighted by Crippen LogP contribution is -2.18. The highest BCUT2D eigenvalue weighted by molar-refractivity contribution is 5.93. The maximum atomic E-state index is 11.4. The lowest BCUT2D eigenvalue weighted by molar-refractivity contribution is 0.0706. The molecule has 0 atom stereocenters. The van der Waals surface area contributed by atoms with Gasteiger partial charge in [0.2, 0.25) is 0 Å². The van der Waals surface area contributed by atoms with E-state index in [0.717, 1.165) is 35.2 Å². The van der Waals surface area contributed by atoms with Crippen molar-refractivity contribution < 1.29 is 14.7 Å². The lowest BCUT2D eigenvalue weighted by Gasteiger charge is -2.13. The molecule has 132 valence electrons.